The van der Waals surface area contributed by atoms with Crippen LogP contribution in [0.1, 0.15) is 36.4 Å². The lowest BCUT2D eigenvalue weighted by Crippen LogP contribution is -2.38. The molecule has 6 heteroatoms. The molecule has 2 aromatic rings. The molecule has 0 saturated carbocycles. The predicted octanol–water partition coefficient (Wildman–Crippen LogP) is 3.36. The lowest BCUT2D eigenvalue weighted by atomic mass is 10.1. The maximum Gasteiger partial charge on any atom is 0.191 e. The third-order valence-electron chi connectivity index (χ3n) is 3.88. The Balaban J connectivity index is 1.84. The number of aryl methyl sites for hydroxylation is 2. The summed E-state index contributed by atoms with van der Waals surface area (Å²) >= 11 is 5.90. The Morgan fingerprint density at radius 3 is 2.54 bits per heavy atom. The number of aliphatic imine (C=N–C) groups is 1. The number of hydrogen-bond acceptors (Lipinski definition) is 3. The van der Waals surface area contributed by atoms with Crippen molar-refractivity contribution in [3.05, 3.63) is 51.9 Å². The van der Waals surface area contributed by atoms with Crippen molar-refractivity contribution in [1.82, 2.24) is 15.8 Å². The highest BCUT2D eigenvalue weighted by Gasteiger charge is 2.13. The number of halogens is 1. The largest absolute Gasteiger partial charge is 0.361 e. The van der Waals surface area contributed by atoms with Crippen LogP contribution in [0.5, 0.6) is 0 Å². The SMILES string of the molecule is CCc1noc(CC)c1CNC(=NC)NCCc1ccc(Cl)cc1. The van der Waals surface area contributed by atoms with Crippen LogP contribution < -0.4 is 10.6 Å². The average molecular weight is 349 g/mol. The molecule has 2 N–H and O–H groups in total. The zero-order valence-electron chi connectivity index (χ0n) is 14.5. The van der Waals surface area contributed by atoms with E-state index in [0.29, 0.717) is 6.54 Å². The molecule has 0 bridgehead atoms. The second kappa shape index (κ2) is 9.33. The molecule has 0 saturated heterocycles. The molecule has 0 amide bonds. The summed E-state index contributed by atoms with van der Waals surface area (Å²) in [5.41, 5.74) is 3.39. The molecule has 0 aliphatic heterocycles. The molecule has 2 rings (SSSR count). The van der Waals surface area contributed by atoms with Crippen molar-refractivity contribution in [2.24, 2.45) is 4.99 Å². The summed E-state index contributed by atoms with van der Waals surface area (Å²) in [4.78, 5) is 4.27. The first kappa shape index (κ1) is 18.3. The fourth-order valence-electron chi connectivity index (χ4n) is 2.51. The first-order valence-corrected chi connectivity index (χ1v) is 8.70. The molecule has 24 heavy (non-hydrogen) atoms. The fraction of sp³-hybridized carbons (Fsp3) is 0.444. The third kappa shape index (κ3) is 4.99. The Hall–Kier alpha value is -2.01. The van der Waals surface area contributed by atoms with Gasteiger partial charge in [-0.3, -0.25) is 4.99 Å². The molecule has 1 aromatic carbocycles. The Labute approximate surface area is 148 Å². The Morgan fingerprint density at radius 1 is 1.17 bits per heavy atom. The molecule has 0 radical (unpaired) electrons. The summed E-state index contributed by atoms with van der Waals surface area (Å²) in [7, 11) is 1.77. The monoisotopic (exact) mass is 348 g/mol. The minimum atomic E-state index is 0.663. The zero-order chi connectivity index (χ0) is 17.4. The number of nitrogens with zero attached hydrogens (tertiary/aromatic N) is 2. The zero-order valence-corrected chi connectivity index (χ0v) is 15.3. The van der Waals surface area contributed by atoms with Crippen LogP contribution in [-0.2, 0) is 25.8 Å². The first-order valence-electron chi connectivity index (χ1n) is 8.33. The van der Waals surface area contributed by atoms with Crippen LogP contribution >= 0.6 is 11.6 Å². The minimum Gasteiger partial charge on any atom is -0.361 e. The molecule has 0 spiro atoms. The summed E-state index contributed by atoms with van der Waals surface area (Å²) in [6.45, 7) is 5.62. The van der Waals surface area contributed by atoms with Crippen LogP contribution in [0.4, 0.5) is 0 Å². The van der Waals surface area contributed by atoms with Gasteiger partial charge in [0.1, 0.15) is 5.76 Å². The van der Waals surface area contributed by atoms with E-state index in [9.17, 15) is 0 Å². The summed E-state index contributed by atoms with van der Waals surface area (Å²) in [6.07, 6.45) is 2.61. The van der Waals surface area contributed by atoms with Gasteiger partial charge in [0.05, 0.1) is 5.69 Å². The number of rotatable bonds is 7. The minimum absolute atomic E-state index is 0.663. The van der Waals surface area contributed by atoms with Gasteiger partial charge in [0.2, 0.25) is 0 Å². The van der Waals surface area contributed by atoms with E-state index >= 15 is 0 Å². The molecule has 0 fully saturated rings. The van der Waals surface area contributed by atoms with Crippen molar-refractivity contribution in [2.45, 2.75) is 39.7 Å². The van der Waals surface area contributed by atoms with Crippen molar-refractivity contribution in [3.63, 3.8) is 0 Å². The number of guanidine groups is 1. The van der Waals surface area contributed by atoms with E-state index < -0.39 is 0 Å². The molecule has 0 unspecified atom stereocenters. The molecular weight excluding hydrogens is 324 g/mol. The van der Waals surface area contributed by atoms with Crippen LogP contribution in [0.3, 0.4) is 0 Å². The van der Waals surface area contributed by atoms with Gasteiger partial charge in [-0.1, -0.05) is 42.7 Å². The Bertz CT molecular complexity index is 643. The topological polar surface area (TPSA) is 62.5 Å². The van der Waals surface area contributed by atoms with E-state index in [1.165, 1.54) is 5.56 Å². The molecule has 0 aliphatic rings. The molecule has 5 nitrogen and oxygen atoms in total. The lowest BCUT2D eigenvalue weighted by Gasteiger charge is -2.12. The van der Waals surface area contributed by atoms with E-state index in [2.05, 4.69) is 34.6 Å². The van der Waals surface area contributed by atoms with E-state index in [-0.39, 0.29) is 0 Å². The van der Waals surface area contributed by atoms with Crippen LogP contribution in [0.25, 0.3) is 0 Å². The second-order valence-electron chi connectivity index (χ2n) is 5.47. The predicted molar refractivity (Wildman–Crippen MR) is 98.6 cm³/mol. The molecule has 130 valence electrons. The van der Waals surface area contributed by atoms with Gasteiger partial charge < -0.3 is 15.2 Å². The third-order valence-corrected chi connectivity index (χ3v) is 4.13. The number of hydrogen-bond donors (Lipinski definition) is 2. The number of aromatic nitrogens is 1. The highest BCUT2D eigenvalue weighted by atomic mass is 35.5. The van der Waals surface area contributed by atoms with Gasteiger partial charge in [0, 0.05) is 37.1 Å². The van der Waals surface area contributed by atoms with Crippen molar-refractivity contribution in [3.8, 4) is 0 Å². The molecule has 0 aliphatic carbocycles. The fourth-order valence-corrected chi connectivity index (χ4v) is 2.63. The van der Waals surface area contributed by atoms with Gasteiger partial charge >= 0.3 is 0 Å². The molecule has 1 aromatic heterocycles. The second-order valence-corrected chi connectivity index (χ2v) is 5.90. The van der Waals surface area contributed by atoms with E-state index in [1.807, 2.05) is 24.3 Å². The van der Waals surface area contributed by atoms with Gasteiger partial charge in [-0.05, 0) is 30.5 Å². The Morgan fingerprint density at radius 2 is 1.92 bits per heavy atom. The maximum absolute atomic E-state index is 5.90. The van der Waals surface area contributed by atoms with E-state index in [4.69, 9.17) is 16.1 Å². The Kier molecular flexibility index (Phi) is 7.12. The van der Waals surface area contributed by atoms with Crippen molar-refractivity contribution < 1.29 is 4.52 Å². The van der Waals surface area contributed by atoms with E-state index in [1.54, 1.807) is 7.05 Å². The average Bonchev–Trinajstić information content (AvgIpc) is 3.01. The summed E-state index contributed by atoms with van der Waals surface area (Å²) < 4.78 is 5.39. The quantitative estimate of drug-likeness (QED) is 0.595. The standard InChI is InChI=1S/C18H25ClN4O/c1-4-16-15(17(5-2)24-23-16)12-22-18(20-3)21-11-10-13-6-8-14(19)9-7-13/h6-9H,4-5,10-12H2,1-3H3,(H2,20,21,22). The summed E-state index contributed by atoms with van der Waals surface area (Å²) in [5.74, 6) is 1.71. The smallest absolute Gasteiger partial charge is 0.191 e. The van der Waals surface area contributed by atoms with Crippen LogP contribution in [0.2, 0.25) is 5.02 Å². The maximum atomic E-state index is 5.90. The van der Waals surface area contributed by atoms with Crippen molar-refractivity contribution in [1.29, 1.82) is 0 Å². The van der Waals surface area contributed by atoms with Gasteiger partial charge in [0.15, 0.2) is 5.96 Å². The van der Waals surface area contributed by atoms with Crippen LogP contribution in [0.15, 0.2) is 33.8 Å². The summed E-state index contributed by atoms with van der Waals surface area (Å²) in [6, 6.07) is 7.90. The summed E-state index contributed by atoms with van der Waals surface area (Å²) in [5, 5.41) is 11.6. The van der Waals surface area contributed by atoms with Crippen LogP contribution in [0, 0.1) is 0 Å². The van der Waals surface area contributed by atoms with Crippen molar-refractivity contribution in [2.75, 3.05) is 13.6 Å². The normalized spacial score (nSPS) is 11.6. The molecule has 1 heterocycles. The van der Waals surface area contributed by atoms with Crippen molar-refractivity contribution >= 4 is 17.6 Å². The molecular formula is C18H25ClN4O. The number of nitrogens with one attached hydrogen (secondary N) is 2. The number of benzene rings is 1. The van der Waals surface area contributed by atoms with Gasteiger partial charge in [-0.2, -0.15) is 0 Å². The highest BCUT2D eigenvalue weighted by molar-refractivity contribution is 6.30. The van der Waals surface area contributed by atoms with Gasteiger partial charge in [0.25, 0.3) is 0 Å². The van der Waals surface area contributed by atoms with E-state index in [0.717, 1.165) is 53.8 Å². The highest BCUT2D eigenvalue weighted by Crippen LogP contribution is 2.15. The first-order chi connectivity index (χ1) is 11.7. The lowest BCUT2D eigenvalue weighted by molar-refractivity contribution is 0.380. The van der Waals surface area contributed by atoms with Crippen LogP contribution in [-0.4, -0.2) is 24.7 Å². The van der Waals surface area contributed by atoms with Gasteiger partial charge in [-0.25, -0.2) is 0 Å². The molecule has 0 atom stereocenters. The van der Waals surface area contributed by atoms with Gasteiger partial charge in [-0.15, -0.1) is 0 Å².